The van der Waals surface area contributed by atoms with E-state index in [9.17, 15) is 19.1 Å². The number of benzene rings is 1. The van der Waals surface area contributed by atoms with Gasteiger partial charge in [0.15, 0.2) is 11.6 Å². The number of methoxy groups -OCH3 is 1. The molecule has 1 unspecified atom stereocenters. The molecule has 0 bridgehead atoms. The number of aromatic hydroxyl groups is 1. The molecule has 1 fully saturated rings. The van der Waals surface area contributed by atoms with Crippen LogP contribution in [0.3, 0.4) is 0 Å². The maximum atomic E-state index is 14.9. The molecule has 2 aliphatic rings. The fraction of sp³-hybridized carbons (Fsp3) is 0.357. The maximum absolute atomic E-state index is 14.9. The van der Waals surface area contributed by atoms with Crippen molar-refractivity contribution in [2.45, 2.75) is 45.4 Å². The Bertz CT molecular complexity index is 1440. The molecule has 5 rings (SSSR count). The van der Waals surface area contributed by atoms with E-state index in [4.69, 9.17) is 9.47 Å². The Morgan fingerprint density at radius 3 is 2.74 bits per heavy atom. The van der Waals surface area contributed by atoms with Crippen molar-refractivity contribution >= 4 is 23.6 Å². The summed E-state index contributed by atoms with van der Waals surface area (Å²) in [6.45, 7) is 6.47. The number of alkyl carbamates (subject to hydrolysis) is 1. The molecule has 204 valence electrons. The third kappa shape index (κ3) is 5.16. The summed E-state index contributed by atoms with van der Waals surface area (Å²) in [5.41, 5.74) is 0.859. The highest BCUT2D eigenvalue weighted by atomic mass is 19.1. The number of amides is 2. The number of carbonyl (C=O) groups is 2. The van der Waals surface area contributed by atoms with Crippen LogP contribution in [0.2, 0.25) is 0 Å². The molecule has 0 saturated carbocycles. The summed E-state index contributed by atoms with van der Waals surface area (Å²) in [4.78, 5) is 37.9. The third-order valence-electron chi connectivity index (χ3n) is 6.60. The minimum absolute atomic E-state index is 0.0423. The van der Waals surface area contributed by atoms with Crippen molar-refractivity contribution in [3.8, 4) is 22.8 Å². The van der Waals surface area contributed by atoms with Crippen molar-refractivity contribution in [1.82, 2.24) is 15.3 Å². The van der Waals surface area contributed by atoms with Gasteiger partial charge in [-0.1, -0.05) is 6.07 Å². The molecule has 1 atom stereocenters. The van der Waals surface area contributed by atoms with Crippen LogP contribution in [-0.2, 0) is 11.3 Å². The van der Waals surface area contributed by atoms with Crippen LogP contribution >= 0.6 is 0 Å². The molecule has 2 aliphatic heterocycles. The van der Waals surface area contributed by atoms with Crippen molar-refractivity contribution in [3.63, 3.8) is 0 Å². The monoisotopic (exact) mass is 535 g/mol. The lowest BCUT2D eigenvalue weighted by Gasteiger charge is -2.23. The van der Waals surface area contributed by atoms with Crippen molar-refractivity contribution < 1.29 is 28.6 Å². The fourth-order valence-corrected chi connectivity index (χ4v) is 4.89. The van der Waals surface area contributed by atoms with Gasteiger partial charge in [0.05, 0.1) is 31.0 Å². The van der Waals surface area contributed by atoms with Crippen molar-refractivity contribution in [2.24, 2.45) is 0 Å². The molecule has 3 aromatic rings. The number of ether oxygens (including phenoxy) is 2. The van der Waals surface area contributed by atoms with Gasteiger partial charge in [-0.15, -0.1) is 0 Å². The lowest BCUT2D eigenvalue weighted by atomic mass is 10.0. The number of fused-ring (bicyclic) bond motifs is 1. The normalized spacial score (nSPS) is 16.8. The van der Waals surface area contributed by atoms with Crippen LogP contribution in [0.25, 0.3) is 11.3 Å². The van der Waals surface area contributed by atoms with E-state index >= 15 is 0 Å². The summed E-state index contributed by atoms with van der Waals surface area (Å²) < 4.78 is 25.6. The molecule has 0 aliphatic carbocycles. The van der Waals surface area contributed by atoms with E-state index < -0.39 is 17.5 Å². The van der Waals surface area contributed by atoms with Crippen LogP contribution in [0.4, 0.5) is 20.8 Å². The third-order valence-corrected chi connectivity index (χ3v) is 6.60. The first-order valence-corrected chi connectivity index (χ1v) is 12.6. The first-order chi connectivity index (χ1) is 18.6. The molecule has 4 heterocycles. The molecule has 39 heavy (non-hydrogen) atoms. The summed E-state index contributed by atoms with van der Waals surface area (Å²) >= 11 is 0. The van der Waals surface area contributed by atoms with Crippen LogP contribution in [0.5, 0.6) is 11.5 Å². The van der Waals surface area contributed by atoms with E-state index in [0.29, 0.717) is 53.7 Å². The van der Waals surface area contributed by atoms with E-state index in [1.165, 1.54) is 30.3 Å². The molecule has 0 radical (unpaired) electrons. The molecule has 2 N–H and O–H groups in total. The van der Waals surface area contributed by atoms with Crippen molar-refractivity contribution in [3.05, 3.63) is 59.5 Å². The predicted octanol–water partition coefficient (Wildman–Crippen LogP) is 4.26. The smallest absolute Gasteiger partial charge is 0.407 e. The van der Waals surface area contributed by atoms with Gasteiger partial charge in [-0.3, -0.25) is 14.7 Å². The zero-order chi connectivity index (χ0) is 27.9. The van der Waals surface area contributed by atoms with E-state index in [1.54, 1.807) is 45.0 Å². The number of aromatic nitrogens is 2. The highest BCUT2D eigenvalue weighted by Gasteiger charge is 2.35. The second kappa shape index (κ2) is 10.0. The number of rotatable bonds is 5. The highest BCUT2D eigenvalue weighted by Crippen LogP contribution is 2.39. The quantitative estimate of drug-likeness (QED) is 0.498. The van der Waals surface area contributed by atoms with Crippen molar-refractivity contribution in [1.29, 1.82) is 0 Å². The van der Waals surface area contributed by atoms with Gasteiger partial charge < -0.3 is 24.8 Å². The van der Waals surface area contributed by atoms with Gasteiger partial charge in [-0.05, 0) is 57.5 Å². The Morgan fingerprint density at radius 2 is 2.00 bits per heavy atom. The Kier molecular flexibility index (Phi) is 6.75. The number of hydrogen-bond acceptors (Lipinski definition) is 8. The Hall–Kier alpha value is -4.41. The van der Waals surface area contributed by atoms with Crippen LogP contribution < -0.4 is 19.9 Å². The van der Waals surface area contributed by atoms with Gasteiger partial charge in [0, 0.05) is 30.4 Å². The van der Waals surface area contributed by atoms with Crippen LogP contribution in [0.1, 0.15) is 43.1 Å². The number of nitrogens with zero attached hydrogens (tertiary/aromatic N) is 4. The summed E-state index contributed by atoms with van der Waals surface area (Å²) in [5.74, 6) is 0.0984. The molecule has 11 heteroatoms. The van der Waals surface area contributed by atoms with Gasteiger partial charge in [0.25, 0.3) is 5.91 Å². The zero-order valence-corrected chi connectivity index (χ0v) is 22.2. The number of pyridine rings is 2. The molecule has 10 nitrogen and oxygen atoms in total. The Balaban J connectivity index is 1.39. The van der Waals surface area contributed by atoms with E-state index in [1.807, 2.05) is 4.90 Å². The maximum Gasteiger partial charge on any atom is 0.407 e. The predicted molar refractivity (Wildman–Crippen MR) is 143 cm³/mol. The van der Waals surface area contributed by atoms with E-state index in [-0.39, 0.29) is 29.8 Å². The SMILES string of the molecule is COc1cccc(F)c1-c1nccc2c1CN(c1ccc(O)c(N3CCC(NC(=O)OC(C)(C)C)C3)n1)C2=O. The first-order valence-electron chi connectivity index (χ1n) is 12.6. The van der Waals surface area contributed by atoms with Gasteiger partial charge in [0.1, 0.15) is 23.0 Å². The number of anilines is 2. The number of hydrogen-bond donors (Lipinski definition) is 2. The second-order valence-corrected chi connectivity index (χ2v) is 10.5. The molecule has 0 spiro atoms. The van der Waals surface area contributed by atoms with Crippen LogP contribution in [0.15, 0.2) is 42.6 Å². The highest BCUT2D eigenvalue weighted by molar-refractivity contribution is 6.10. The molecule has 1 aromatic carbocycles. The van der Waals surface area contributed by atoms with Gasteiger partial charge in [0.2, 0.25) is 0 Å². The lowest BCUT2D eigenvalue weighted by molar-refractivity contribution is 0.0508. The minimum Gasteiger partial charge on any atom is -0.504 e. The number of halogens is 1. The molecule has 1 saturated heterocycles. The average Bonchev–Trinajstić information content (AvgIpc) is 3.47. The summed E-state index contributed by atoms with van der Waals surface area (Å²) in [7, 11) is 1.45. The van der Waals surface area contributed by atoms with Crippen LogP contribution in [0, 0.1) is 5.82 Å². The summed E-state index contributed by atoms with van der Waals surface area (Å²) in [6, 6.07) is 8.97. The standard InChI is InChI=1S/C28H30FN5O5/c1-28(2,3)39-27(37)31-16-11-13-33(14-16)25-20(35)8-9-22(32-25)34-15-18-17(26(34)36)10-12-30-24(18)23-19(29)6-5-7-21(23)38-4/h5-10,12,16,35H,11,13-15H2,1-4H3,(H,31,37). The summed E-state index contributed by atoms with van der Waals surface area (Å²) in [5, 5.41) is 13.4. The van der Waals surface area contributed by atoms with Crippen LogP contribution in [-0.4, -0.2) is 58.9 Å². The zero-order valence-electron chi connectivity index (χ0n) is 22.2. The Labute approximate surface area is 225 Å². The molecular weight excluding hydrogens is 505 g/mol. The molecule has 2 amide bonds. The number of nitrogens with one attached hydrogen (secondary N) is 1. The average molecular weight is 536 g/mol. The van der Waals surface area contributed by atoms with E-state index in [2.05, 4.69) is 15.3 Å². The van der Waals surface area contributed by atoms with Crippen molar-refractivity contribution in [2.75, 3.05) is 30.0 Å². The largest absolute Gasteiger partial charge is 0.504 e. The van der Waals surface area contributed by atoms with Gasteiger partial charge in [-0.2, -0.15) is 0 Å². The summed E-state index contributed by atoms with van der Waals surface area (Å²) in [6.07, 6.45) is 1.61. The number of carbonyl (C=O) groups excluding carboxylic acids is 2. The fourth-order valence-electron chi connectivity index (χ4n) is 4.89. The topological polar surface area (TPSA) is 117 Å². The van der Waals surface area contributed by atoms with Gasteiger partial charge >= 0.3 is 6.09 Å². The minimum atomic E-state index is -0.608. The van der Waals surface area contributed by atoms with E-state index in [0.717, 1.165) is 0 Å². The molecule has 2 aromatic heterocycles. The molecular formula is C28H30FN5O5. The second-order valence-electron chi connectivity index (χ2n) is 10.5. The Morgan fingerprint density at radius 1 is 1.21 bits per heavy atom. The lowest BCUT2D eigenvalue weighted by Crippen LogP contribution is -2.40. The first kappa shape index (κ1) is 26.2. The van der Waals surface area contributed by atoms with Gasteiger partial charge in [-0.25, -0.2) is 14.2 Å².